The van der Waals surface area contributed by atoms with Gasteiger partial charge in [0, 0.05) is 30.1 Å². The first-order chi connectivity index (χ1) is 21.5. The molecule has 0 bridgehead atoms. The Morgan fingerprint density at radius 1 is 0.636 bits per heavy atom. The van der Waals surface area contributed by atoms with Crippen molar-refractivity contribution >= 4 is 5.97 Å². The molecule has 3 rings (SSSR count). The van der Waals surface area contributed by atoms with Crippen LogP contribution >= 0.6 is 0 Å². The predicted octanol–water partition coefficient (Wildman–Crippen LogP) is 9.24. The lowest BCUT2D eigenvalue weighted by atomic mass is 10.1. The van der Waals surface area contributed by atoms with E-state index < -0.39 is 6.10 Å². The fraction of sp³-hybridized carbons (Fsp3) is 0.541. The van der Waals surface area contributed by atoms with E-state index in [0.29, 0.717) is 18.2 Å². The van der Waals surface area contributed by atoms with Crippen molar-refractivity contribution in [2.75, 3.05) is 19.8 Å². The van der Waals surface area contributed by atoms with Crippen LogP contribution in [-0.2, 0) is 14.3 Å². The molecule has 0 spiro atoms. The van der Waals surface area contributed by atoms with Crippen molar-refractivity contribution < 1.29 is 23.7 Å². The third kappa shape index (κ3) is 13.0. The third-order valence-corrected chi connectivity index (χ3v) is 7.47. The van der Waals surface area contributed by atoms with Gasteiger partial charge in [0.05, 0.1) is 6.61 Å². The van der Waals surface area contributed by atoms with Crippen LogP contribution < -0.4 is 9.47 Å². The van der Waals surface area contributed by atoms with E-state index in [1.807, 2.05) is 67.8 Å². The number of benzene rings is 2. The van der Waals surface area contributed by atoms with E-state index in [9.17, 15) is 4.79 Å². The molecular weight excluding hydrogens is 552 g/mol. The Kier molecular flexibility index (Phi) is 16.3. The second-order valence-electron chi connectivity index (χ2n) is 11.4. The Bertz CT molecular complexity index is 1180. The van der Waals surface area contributed by atoms with Crippen LogP contribution in [0.5, 0.6) is 11.5 Å². The Balaban J connectivity index is 1.38. The van der Waals surface area contributed by atoms with Gasteiger partial charge in [0.1, 0.15) is 24.2 Å². The number of nitrogens with zero attached hydrogens (tertiary/aromatic N) is 2. The Morgan fingerprint density at radius 2 is 1.16 bits per heavy atom. The zero-order chi connectivity index (χ0) is 31.4. The van der Waals surface area contributed by atoms with Gasteiger partial charge in [0.25, 0.3) is 0 Å². The number of aromatic nitrogens is 2. The maximum atomic E-state index is 12.3. The predicted molar refractivity (Wildman–Crippen MR) is 177 cm³/mol. The van der Waals surface area contributed by atoms with Gasteiger partial charge < -0.3 is 18.9 Å². The van der Waals surface area contributed by atoms with Gasteiger partial charge in [-0.1, -0.05) is 83.8 Å². The second kappa shape index (κ2) is 20.5. The minimum atomic E-state index is -0.579. The van der Waals surface area contributed by atoms with Crippen molar-refractivity contribution in [1.82, 2.24) is 9.97 Å². The van der Waals surface area contributed by atoms with E-state index >= 15 is 0 Å². The van der Waals surface area contributed by atoms with E-state index in [1.165, 1.54) is 51.4 Å². The Morgan fingerprint density at radius 3 is 1.77 bits per heavy atom. The van der Waals surface area contributed by atoms with Crippen LogP contribution in [0.2, 0.25) is 0 Å². The molecule has 1 heterocycles. The normalized spacial score (nSPS) is 12.5. The number of esters is 1. The number of hydrogen-bond acceptors (Lipinski definition) is 7. The van der Waals surface area contributed by atoms with E-state index in [0.717, 1.165) is 48.3 Å². The lowest BCUT2D eigenvalue weighted by molar-refractivity contribution is -0.162. The number of unbranched alkanes of at least 4 members (excludes halogenated alkanes) is 9. The van der Waals surface area contributed by atoms with Crippen molar-refractivity contribution in [3.05, 3.63) is 60.9 Å². The molecule has 7 nitrogen and oxygen atoms in total. The van der Waals surface area contributed by atoms with Crippen molar-refractivity contribution in [3.63, 3.8) is 0 Å². The molecule has 0 aliphatic carbocycles. The van der Waals surface area contributed by atoms with Crippen LogP contribution in [0.4, 0.5) is 0 Å². The first-order valence-corrected chi connectivity index (χ1v) is 16.6. The molecule has 3 aromatic rings. The molecular formula is C37H52N2O5. The van der Waals surface area contributed by atoms with Gasteiger partial charge >= 0.3 is 5.97 Å². The third-order valence-electron chi connectivity index (χ3n) is 7.47. The molecule has 0 N–H and O–H groups in total. The largest absolute Gasteiger partial charge is 0.494 e. The molecule has 0 aliphatic heterocycles. The summed E-state index contributed by atoms with van der Waals surface area (Å²) in [5.41, 5.74) is 2.86. The highest BCUT2D eigenvalue weighted by Crippen LogP contribution is 2.24. The molecule has 0 fully saturated rings. The fourth-order valence-electron chi connectivity index (χ4n) is 4.72. The van der Waals surface area contributed by atoms with Crippen LogP contribution in [0.3, 0.4) is 0 Å². The highest BCUT2D eigenvalue weighted by atomic mass is 16.6. The molecule has 2 aromatic carbocycles. The zero-order valence-electron chi connectivity index (χ0n) is 27.3. The molecule has 7 heteroatoms. The van der Waals surface area contributed by atoms with Gasteiger partial charge in [-0.15, -0.1) is 0 Å². The highest BCUT2D eigenvalue weighted by molar-refractivity contribution is 5.74. The van der Waals surface area contributed by atoms with Crippen LogP contribution in [0, 0.1) is 0 Å². The van der Waals surface area contributed by atoms with Crippen molar-refractivity contribution in [1.29, 1.82) is 0 Å². The van der Waals surface area contributed by atoms with Gasteiger partial charge in [0.15, 0.2) is 11.9 Å². The number of hydrogen-bond donors (Lipinski definition) is 0. The van der Waals surface area contributed by atoms with E-state index in [1.54, 1.807) is 6.92 Å². The average molecular weight is 605 g/mol. The minimum Gasteiger partial charge on any atom is -0.494 e. The maximum Gasteiger partial charge on any atom is 0.335 e. The summed E-state index contributed by atoms with van der Waals surface area (Å²) in [4.78, 5) is 21.5. The summed E-state index contributed by atoms with van der Waals surface area (Å²) in [5, 5.41) is 0. The van der Waals surface area contributed by atoms with Gasteiger partial charge in [-0.05, 0) is 68.7 Å². The minimum absolute atomic E-state index is 0.259. The summed E-state index contributed by atoms with van der Waals surface area (Å²) in [7, 11) is 0. The smallest absolute Gasteiger partial charge is 0.335 e. The molecule has 0 amide bonds. The van der Waals surface area contributed by atoms with Crippen LogP contribution in [-0.4, -0.2) is 48.0 Å². The Labute approximate surface area is 264 Å². The summed E-state index contributed by atoms with van der Waals surface area (Å²) in [6, 6.07) is 15.7. The molecule has 240 valence electrons. The second-order valence-corrected chi connectivity index (χ2v) is 11.4. The first-order valence-electron chi connectivity index (χ1n) is 16.6. The average Bonchev–Trinajstić information content (AvgIpc) is 3.05. The number of ether oxygens (including phenoxy) is 4. The zero-order valence-corrected chi connectivity index (χ0v) is 27.3. The molecule has 0 saturated heterocycles. The monoisotopic (exact) mass is 604 g/mol. The standard InChI is InChI=1S/C37H52N2O5/c1-5-7-9-11-13-15-25-42-34-22-18-32(19-23-34)36-38-26-33(27-39-36)31-16-20-35(21-17-31)43-28-29(3)44-37(40)30(4)41-24-14-12-10-8-6-2/h16-23,26-27,29-30H,5-15,24-25,28H2,1-4H3. The summed E-state index contributed by atoms with van der Waals surface area (Å²) < 4.78 is 22.9. The van der Waals surface area contributed by atoms with Gasteiger partial charge in [-0.3, -0.25) is 0 Å². The lowest BCUT2D eigenvalue weighted by Gasteiger charge is -2.18. The van der Waals surface area contributed by atoms with E-state index in [2.05, 4.69) is 23.8 Å². The molecule has 0 aliphatic rings. The van der Waals surface area contributed by atoms with Gasteiger partial charge in [0.2, 0.25) is 0 Å². The van der Waals surface area contributed by atoms with Crippen LogP contribution in [0.1, 0.15) is 98.3 Å². The molecule has 0 saturated carbocycles. The molecule has 0 radical (unpaired) electrons. The number of rotatable bonds is 22. The van der Waals surface area contributed by atoms with Crippen molar-refractivity contribution in [3.8, 4) is 34.0 Å². The van der Waals surface area contributed by atoms with Crippen molar-refractivity contribution in [2.45, 2.75) is 111 Å². The van der Waals surface area contributed by atoms with Crippen LogP contribution in [0.25, 0.3) is 22.5 Å². The number of carbonyl (C=O) groups is 1. The maximum absolute atomic E-state index is 12.3. The number of carbonyl (C=O) groups excluding carboxylic acids is 1. The van der Waals surface area contributed by atoms with Gasteiger partial charge in [-0.25, -0.2) is 14.8 Å². The quantitative estimate of drug-likeness (QED) is 0.0835. The lowest BCUT2D eigenvalue weighted by Crippen LogP contribution is -2.30. The van der Waals surface area contributed by atoms with Crippen molar-refractivity contribution in [2.24, 2.45) is 0 Å². The Hall–Kier alpha value is -3.45. The fourth-order valence-corrected chi connectivity index (χ4v) is 4.72. The molecule has 1 aromatic heterocycles. The molecule has 2 atom stereocenters. The topological polar surface area (TPSA) is 79.8 Å². The van der Waals surface area contributed by atoms with Gasteiger partial charge in [-0.2, -0.15) is 0 Å². The summed E-state index contributed by atoms with van der Waals surface area (Å²) >= 11 is 0. The van der Waals surface area contributed by atoms with Crippen LogP contribution in [0.15, 0.2) is 60.9 Å². The van der Waals surface area contributed by atoms with E-state index in [-0.39, 0.29) is 18.7 Å². The highest BCUT2D eigenvalue weighted by Gasteiger charge is 2.18. The SMILES string of the molecule is CCCCCCCCOc1ccc(-c2ncc(-c3ccc(OCC(C)OC(=O)C(C)OCCCCCCC)cc3)cn2)cc1. The first kappa shape index (κ1) is 35.0. The molecule has 44 heavy (non-hydrogen) atoms. The summed E-state index contributed by atoms with van der Waals surface area (Å²) in [6.45, 7) is 9.57. The summed E-state index contributed by atoms with van der Waals surface area (Å²) in [6.07, 6.45) is 16.0. The van der Waals surface area contributed by atoms with E-state index in [4.69, 9.17) is 18.9 Å². The summed E-state index contributed by atoms with van der Waals surface area (Å²) in [5.74, 6) is 1.89. The molecule has 2 unspecified atom stereocenters.